The molecule has 0 spiro atoms. The number of amides is 1. The fraction of sp³-hybridized carbons (Fsp3) is 0.577. The maximum Gasteiger partial charge on any atom is 0.457 e. The highest BCUT2D eigenvalue weighted by Gasteiger charge is 2.70. The van der Waals surface area contributed by atoms with Crippen LogP contribution in [0.3, 0.4) is 0 Å². The maximum atomic E-state index is 15.8. The predicted octanol–water partition coefficient (Wildman–Crippen LogP) is 12.8. The molecule has 4 saturated carbocycles. The number of fused-ring (bicyclic) bond motifs is 7. The number of methoxy groups -OCH3 is 1. The molecule has 0 heterocycles. The van der Waals surface area contributed by atoms with Crippen LogP contribution in [0.1, 0.15) is 125 Å². The lowest BCUT2D eigenvalue weighted by atomic mass is 9.33. The predicted molar refractivity (Wildman–Crippen MR) is 240 cm³/mol. The molecule has 1 amide bonds. The van der Waals surface area contributed by atoms with Crippen LogP contribution in [0, 0.1) is 56.7 Å². The van der Waals surface area contributed by atoms with Gasteiger partial charge in [-0.15, -0.1) is 0 Å². The Hall–Kier alpha value is -4.03. The van der Waals surface area contributed by atoms with Gasteiger partial charge in [-0.25, -0.2) is 4.57 Å². The second kappa shape index (κ2) is 16.0. The summed E-state index contributed by atoms with van der Waals surface area (Å²) in [6.07, 6.45) is 11.0. The molecule has 61 heavy (non-hydrogen) atoms. The van der Waals surface area contributed by atoms with Gasteiger partial charge in [0.25, 0.3) is 0 Å². The Kier molecular flexibility index (Phi) is 11.4. The van der Waals surface area contributed by atoms with Crippen molar-refractivity contribution in [1.29, 1.82) is 0 Å². The molecular weight excluding hydrogens is 782 g/mol. The number of nitrogens with one attached hydrogen (secondary N) is 1. The Bertz CT molecular complexity index is 2130. The summed E-state index contributed by atoms with van der Waals surface area (Å²) in [5.74, 6) is 1.69. The lowest BCUT2D eigenvalue weighted by molar-refractivity contribution is -0.212. The number of esters is 1. The minimum atomic E-state index is -4.23. The van der Waals surface area contributed by atoms with Crippen LogP contribution >= 0.6 is 7.60 Å². The number of hydrogen-bond donors (Lipinski definition) is 1. The molecule has 8 nitrogen and oxygen atoms in total. The van der Waals surface area contributed by atoms with Crippen LogP contribution in [0.25, 0.3) is 0 Å². The largest absolute Gasteiger partial charge is 0.497 e. The van der Waals surface area contributed by atoms with Crippen molar-refractivity contribution < 1.29 is 32.7 Å². The van der Waals surface area contributed by atoms with Gasteiger partial charge in [0, 0.05) is 12.3 Å². The van der Waals surface area contributed by atoms with Gasteiger partial charge < -0.3 is 23.8 Å². The molecule has 0 saturated heterocycles. The molecule has 1 unspecified atom stereocenters. The van der Waals surface area contributed by atoms with Crippen molar-refractivity contribution in [2.24, 2.45) is 56.7 Å². The van der Waals surface area contributed by atoms with E-state index in [1.54, 1.807) is 38.3 Å². The second-order valence-corrected chi connectivity index (χ2v) is 22.7. The summed E-state index contributed by atoms with van der Waals surface area (Å²) in [5, 5.41) is 3.43. The van der Waals surface area contributed by atoms with Crippen molar-refractivity contribution >= 4 is 19.5 Å². The highest BCUT2D eigenvalue weighted by molar-refractivity contribution is 7.55. The van der Waals surface area contributed by atoms with Crippen LogP contribution in [0.15, 0.2) is 96.6 Å². The third-order valence-corrected chi connectivity index (χ3v) is 19.6. The Balaban J connectivity index is 1.18. The number of hydrogen-bond acceptors (Lipinski definition) is 7. The molecule has 4 fully saturated rings. The number of ether oxygens (including phenoxy) is 2. The van der Waals surface area contributed by atoms with E-state index in [0.717, 1.165) is 57.8 Å². The molecule has 0 aromatic heterocycles. The summed E-state index contributed by atoms with van der Waals surface area (Å²) in [6.45, 7) is 18.6. The first-order valence-electron chi connectivity index (χ1n) is 22.8. The molecule has 0 bridgehead atoms. The smallest absolute Gasteiger partial charge is 0.457 e. The molecule has 0 aliphatic heterocycles. The Morgan fingerprint density at radius 2 is 1.36 bits per heavy atom. The quantitative estimate of drug-likeness (QED) is 0.123. The first-order chi connectivity index (χ1) is 28.9. The first-order valence-corrected chi connectivity index (χ1v) is 24.4. The minimum absolute atomic E-state index is 0.0236. The molecule has 3 aromatic carbocycles. The van der Waals surface area contributed by atoms with Crippen LogP contribution in [0.5, 0.6) is 17.2 Å². The summed E-state index contributed by atoms with van der Waals surface area (Å²) in [7, 11) is -2.62. The lowest BCUT2D eigenvalue weighted by Crippen LogP contribution is -2.66. The molecular formula is C52H68NO7P. The highest BCUT2D eigenvalue weighted by atomic mass is 31.2. The molecule has 5 aliphatic rings. The SMILES string of the molecule is COc1ccc(C(NC(=O)[C@]23CC[C@@H](C)[C@H](C)[C@H]2C2=CC[C@@H]4[C@@]5(C)CC[C@H](OC(C)=O)C(C)(C)[C@@H]5CC[C@@]4(C)[C@]2(C)CC3)P(=O)(Oc2ccccc2)Oc2ccccc2)cc1. The van der Waals surface area contributed by atoms with E-state index in [2.05, 4.69) is 59.9 Å². The van der Waals surface area contributed by atoms with Gasteiger partial charge in [0.15, 0.2) is 5.78 Å². The van der Waals surface area contributed by atoms with Gasteiger partial charge in [-0.2, -0.15) is 0 Å². The third-order valence-electron chi connectivity index (χ3n) is 17.7. The highest BCUT2D eigenvalue weighted by Crippen LogP contribution is 2.76. The Labute approximate surface area is 364 Å². The lowest BCUT2D eigenvalue weighted by Gasteiger charge is -2.71. The van der Waals surface area contributed by atoms with Crippen LogP contribution in [0.2, 0.25) is 0 Å². The van der Waals surface area contributed by atoms with Crippen molar-refractivity contribution in [3.8, 4) is 17.2 Å². The number of benzene rings is 3. The maximum absolute atomic E-state index is 15.8. The van der Waals surface area contributed by atoms with E-state index in [1.165, 1.54) is 5.57 Å². The van der Waals surface area contributed by atoms with Gasteiger partial charge in [0.1, 0.15) is 23.4 Å². The number of rotatable bonds is 10. The molecule has 1 N–H and O–H groups in total. The number of para-hydroxylation sites is 2. The summed E-state index contributed by atoms with van der Waals surface area (Å²) in [5.41, 5.74) is 1.28. The molecule has 0 radical (unpaired) electrons. The van der Waals surface area contributed by atoms with Crippen molar-refractivity contribution in [2.75, 3.05) is 7.11 Å². The van der Waals surface area contributed by atoms with E-state index < -0.39 is 18.8 Å². The van der Waals surface area contributed by atoms with Crippen molar-refractivity contribution in [3.05, 3.63) is 102 Å². The molecule has 9 heteroatoms. The molecule has 5 aliphatic carbocycles. The van der Waals surface area contributed by atoms with E-state index in [1.807, 2.05) is 60.7 Å². The van der Waals surface area contributed by atoms with E-state index in [4.69, 9.17) is 18.5 Å². The van der Waals surface area contributed by atoms with Crippen LogP contribution in [0.4, 0.5) is 0 Å². The molecule has 8 rings (SSSR count). The summed E-state index contributed by atoms with van der Waals surface area (Å²) < 4.78 is 40.2. The van der Waals surface area contributed by atoms with E-state index in [0.29, 0.717) is 40.6 Å². The number of allylic oxidation sites excluding steroid dienone is 2. The van der Waals surface area contributed by atoms with Crippen LogP contribution in [-0.4, -0.2) is 25.1 Å². The zero-order valence-corrected chi connectivity index (χ0v) is 38.8. The van der Waals surface area contributed by atoms with E-state index >= 15 is 9.36 Å². The van der Waals surface area contributed by atoms with Crippen molar-refractivity contribution in [3.63, 3.8) is 0 Å². The number of carbonyl (C=O) groups excluding carboxylic acids is 2. The van der Waals surface area contributed by atoms with E-state index in [-0.39, 0.29) is 51.5 Å². The Morgan fingerprint density at radius 3 is 1.95 bits per heavy atom. The third kappa shape index (κ3) is 7.15. The van der Waals surface area contributed by atoms with Crippen molar-refractivity contribution in [1.82, 2.24) is 5.32 Å². The van der Waals surface area contributed by atoms with Gasteiger partial charge in [-0.3, -0.25) is 9.59 Å². The molecule has 11 atom stereocenters. The van der Waals surface area contributed by atoms with Gasteiger partial charge in [-0.05, 0) is 146 Å². The average molecular weight is 850 g/mol. The molecule has 3 aromatic rings. The fourth-order valence-electron chi connectivity index (χ4n) is 14.0. The van der Waals surface area contributed by atoms with Crippen molar-refractivity contribution in [2.45, 2.75) is 125 Å². The van der Waals surface area contributed by atoms with Crippen LogP contribution < -0.4 is 19.1 Å². The zero-order chi connectivity index (χ0) is 43.6. The minimum Gasteiger partial charge on any atom is -0.497 e. The molecule has 328 valence electrons. The zero-order valence-electron chi connectivity index (χ0n) is 37.9. The topological polar surface area (TPSA) is 100 Å². The van der Waals surface area contributed by atoms with Crippen LogP contribution in [-0.2, 0) is 18.9 Å². The monoisotopic (exact) mass is 849 g/mol. The number of carbonyl (C=O) groups is 2. The van der Waals surface area contributed by atoms with Gasteiger partial charge in [0.2, 0.25) is 5.91 Å². The Morgan fingerprint density at radius 1 is 0.738 bits per heavy atom. The standard InChI is InChI=1S/C52H68NO7P/c1-34-26-31-52(47(55)53-46(37-20-22-38(57-9)23-21-37)61(56,59-39-16-12-10-13-17-39)60-40-18-14-11-15-19-40)33-32-50(7)41(45(52)35(34)2)24-25-43-49(6)29-28-44(58-36(3)54)48(4,5)42(49)27-30-51(43,50)8/h10-24,34-35,42-46H,25-33H2,1-9H3,(H,53,55)/t34-,35+,42+,43-,44+,45+,46?,49+,50-,51-,52+/m1/s1. The van der Waals surface area contributed by atoms with E-state index in [9.17, 15) is 4.79 Å². The fourth-order valence-corrected chi connectivity index (χ4v) is 15.9. The summed E-state index contributed by atoms with van der Waals surface area (Å²) in [4.78, 5) is 28.0. The average Bonchev–Trinajstić information content (AvgIpc) is 3.23. The summed E-state index contributed by atoms with van der Waals surface area (Å²) >= 11 is 0. The normalized spacial score (nSPS) is 35.7. The van der Waals surface area contributed by atoms with Gasteiger partial charge >= 0.3 is 13.6 Å². The van der Waals surface area contributed by atoms with Gasteiger partial charge in [0.05, 0.1) is 12.5 Å². The first kappa shape index (κ1) is 43.6. The summed E-state index contributed by atoms with van der Waals surface area (Å²) in [6, 6.07) is 25.5. The van der Waals surface area contributed by atoms with Gasteiger partial charge in [-0.1, -0.05) is 109 Å². The second-order valence-electron chi connectivity index (χ2n) is 20.8.